The molecule has 9 heteroatoms. The van der Waals surface area contributed by atoms with Gasteiger partial charge in [0.15, 0.2) is 26.5 Å². The highest BCUT2D eigenvalue weighted by Gasteiger charge is 2.49. The Balaban J connectivity index is 1.63. The Morgan fingerprint density at radius 2 is 1.87 bits per heavy atom. The first-order valence-corrected chi connectivity index (χ1v) is 12.6. The molecule has 2 aliphatic rings. The minimum atomic E-state index is -3.10. The Hall–Kier alpha value is -2.52. The van der Waals surface area contributed by atoms with Crippen LogP contribution in [0.2, 0.25) is 0 Å². The second kappa shape index (κ2) is 8.55. The van der Waals surface area contributed by atoms with Crippen molar-refractivity contribution in [2.75, 3.05) is 30.6 Å². The summed E-state index contributed by atoms with van der Waals surface area (Å²) in [5.74, 6) is 1.03. The van der Waals surface area contributed by atoms with Crippen LogP contribution in [0.5, 0.6) is 11.5 Å². The lowest BCUT2D eigenvalue weighted by Gasteiger charge is -2.26. The molecule has 2 saturated heterocycles. The van der Waals surface area contributed by atoms with Gasteiger partial charge in [0.2, 0.25) is 0 Å². The van der Waals surface area contributed by atoms with Crippen molar-refractivity contribution in [1.82, 2.24) is 0 Å². The summed E-state index contributed by atoms with van der Waals surface area (Å²) in [4.78, 5) is 19.1. The van der Waals surface area contributed by atoms with E-state index in [1.165, 1.54) is 11.8 Å². The average molecular weight is 461 g/mol. The van der Waals surface area contributed by atoms with E-state index in [-0.39, 0.29) is 35.1 Å². The van der Waals surface area contributed by atoms with Crippen LogP contribution in [0.3, 0.4) is 0 Å². The monoisotopic (exact) mass is 460 g/mol. The number of anilines is 1. The van der Waals surface area contributed by atoms with Crippen molar-refractivity contribution in [3.63, 3.8) is 0 Å². The second-order valence-corrected chi connectivity index (χ2v) is 11.0. The highest BCUT2D eigenvalue weighted by molar-refractivity contribution is 8.16. The number of amidine groups is 1. The van der Waals surface area contributed by atoms with E-state index in [2.05, 4.69) is 4.99 Å². The molecule has 2 aromatic carbocycles. The number of amides is 1. The van der Waals surface area contributed by atoms with E-state index < -0.39 is 9.84 Å². The molecule has 0 aliphatic carbocycles. The minimum Gasteiger partial charge on any atom is -0.493 e. The first-order valence-electron chi connectivity index (χ1n) is 9.85. The van der Waals surface area contributed by atoms with Crippen molar-refractivity contribution < 1.29 is 22.7 Å². The molecule has 0 saturated carbocycles. The zero-order valence-corrected chi connectivity index (χ0v) is 19.2. The molecule has 0 spiro atoms. The van der Waals surface area contributed by atoms with Gasteiger partial charge >= 0.3 is 0 Å². The highest BCUT2D eigenvalue weighted by atomic mass is 32.2. The zero-order chi connectivity index (χ0) is 22.2. The van der Waals surface area contributed by atoms with E-state index in [0.717, 1.165) is 16.8 Å². The largest absolute Gasteiger partial charge is 0.493 e. The van der Waals surface area contributed by atoms with E-state index >= 15 is 0 Å². The summed E-state index contributed by atoms with van der Waals surface area (Å²) in [6.45, 7) is 1.97. The van der Waals surface area contributed by atoms with E-state index in [1.807, 2.05) is 42.2 Å². The van der Waals surface area contributed by atoms with Crippen LogP contribution in [0, 0.1) is 6.92 Å². The molecule has 2 aliphatic heterocycles. The molecule has 0 N–H and O–H groups in total. The predicted octanol–water partition coefficient (Wildman–Crippen LogP) is 2.86. The Bertz CT molecular complexity index is 1150. The maximum atomic E-state index is 12.8. The normalized spacial score (nSPS) is 23.1. The van der Waals surface area contributed by atoms with E-state index in [4.69, 9.17) is 9.47 Å². The Morgan fingerprint density at radius 3 is 2.58 bits per heavy atom. The lowest BCUT2D eigenvalue weighted by molar-refractivity contribution is -0.117. The highest BCUT2D eigenvalue weighted by Crippen LogP contribution is 2.42. The number of ether oxygens (including phenoxy) is 2. The first-order chi connectivity index (χ1) is 14.8. The SMILES string of the molecule is COc1ccc(CC(=O)N=C2SC3CS(=O)(=O)CC3N2c2ccccc2C)cc1OC. The van der Waals surface area contributed by atoms with Gasteiger partial charge in [-0.2, -0.15) is 4.99 Å². The van der Waals surface area contributed by atoms with E-state index in [0.29, 0.717) is 16.7 Å². The van der Waals surface area contributed by atoms with Gasteiger partial charge in [-0.15, -0.1) is 0 Å². The molecular formula is C22H24N2O5S2. The van der Waals surface area contributed by atoms with Gasteiger partial charge in [-0.3, -0.25) is 4.79 Å². The maximum absolute atomic E-state index is 12.8. The summed E-state index contributed by atoms with van der Waals surface area (Å²) < 4.78 is 35.0. The Labute approximate surface area is 186 Å². The lowest BCUT2D eigenvalue weighted by Crippen LogP contribution is -2.38. The third-order valence-corrected chi connectivity index (χ3v) is 8.67. The van der Waals surface area contributed by atoms with Crippen LogP contribution < -0.4 is 14.4 Å². The summed E-state index contributed by atoms with van der Waals surface area (Å²) in [5, 5.41) is 0.432. The number of sulfone groups is 1. The molecule has 2 atom stereocenters. The van der Waals surface area contributed by atoms with Crippen LogP contribution in [0.15, 0.2) is 47.5 Å². The molecular weight excluding hydrogens is 436 g/mol. The standard InChI is InChI=1S/C22H24N2O5S2/c1-14-6-4-5-7-16(14)24-17-12-31(26,27)13-20(17)30-22(24)23-21(25)11-15-8-9-18(28-2)19(10-15)29-3/h4-10,17,20H,11-13H2,1-3H3. The Morgan fingerprint density at radius 1 is 1.13 bits per heavy atom. The fourth-order valence-corrected chi connectivity index (χ4v) is 7.92. The van der Waals surface area contributed by atoms with Crippen LogP contribution in [0.1, 0.15) is 11.1 Å². The first kappa shape index (κ1) is 21.7. The van der Waals surface area contributed by atoms with Gasteiger partial charge in [0, 0.05) is 10.9 Å². The van der Waals surface area contributed by atoms with Crippen molar-refractivity contribution >= 4 is 38.4 Å². The zero-order valence-electron chi connectivity index (χ0n) is 17.6. The molecule has 0 bridgehead atoms. The van der Waals surface area contributed by atoms with Crippen molar-refractivity contribution in [3.05, 3.63) is 53.6 Å². The molecule has 4 rings (SSSR count). The third kappa shape index (κ3) is 4.43. The number of thioether (sulfide) groups is 1. The van der Waals surface area contributed by atoms with Gasteiger partial charge < -0.3 is 14.4 Å². The van der Waals surface area contributed by atoms with E-state index in [1.54, 1.807) is 26.4 Å². The fourth-order valence-electron chi connectivity index (χ4n) is 3.99. The number of rotatable bonds is 5. The summed E-state index contributed by atoms with van der Waals surface area (Å²) in [6, 6.07) is 12.9. The van der Waals surface area contributed by atoms with Crippen molar-refractivity contribution in [1.29, 1.82) is 0 Å². The number of benzene rings is 2. The summed E-state index contributed by atoms with van der Waals surface area (Å²) in [5.41, 5.74) is 2.66. The van der Waals surface area contributed by atoms with Gasteiger partial charge in [-0.25, -0.2) is 8.42 Å². The summed E-state index contributed by atoms with van der Waals surface area (Å²) in [7, 11) is 0.00384. The molecule has 164 valence electrons. The number of fused-ring (bicyclic) bond motifs is 1. The van der Waals surface area contributed by atoms with Crippen LogP contribution >= 0.6 is 11.8 Å². The van der Waals surface area contributed by atoms with Gasteiger partial charge in [0.25, 0.3) is 5.91 Å². The number of carbonyl (C=O) groups is 1. The molecule has 2 aromatic rings. The number of hydrogen-bond donors (Lipinski definition) is 0. The number of hydrogen-bond acceptors (Lipinski definition) is 6. The van der Waals surface area contributed by atoms with E-state index in [9.17, 15) is 13.2 Å². The van der Waals surface area contributed by atoms with Gasteiger partial charge in [0.1, 0.15) is 0 Å². The van der Waals surface area contributed by atoms with Crippen molar-refractivity contribution in [2.24, 2.45) is 4.99 Å². The van der Waals surface area contributed by atoms with Crippen LogP contribution in [-0.2, 0) is 21.1 Å². The summed E-state index contributed by atoms with van der Waals surface area (Å²) >= 11 is 1.38. The Kier molecular flexibility index (Phi) is 5.98. The molecule has 1 amide bonds. The molecule has 0 aromatic heterocycles. The quantitative estimate of drug-likeness (QED) is 0.678. The van der Waals surface area contributed by atoms with Crippen molar-refractivity contribution in [2.45, 2.75) is 24.6 Å². The number of aryl methyl sites for hydroxylation is 1. The van der Waals surface area contributed by atoms with Crippen LogP contribution in [0.25, 0.3) is 0 Å². The molecule has 2 fully saturated rings. The smallest absolute Gasteiger partial charge is 0.252 e. The molecule has 0 radical (unpaired) electrons. The topological polar surface area (TPSA) is 85.3 Å². The van der Waals surface area contributed by atoms with Crippen molar-refractivity contribution in [3.8, 4) is 11.5 Å². The number of carbonyl (C=O) groups excluding carboxylic acids is 1. The lowest BCUT2D eigenvalue weighted by atomic mass is 10.1. The number of methoxy groups -OCH3 is 2. The van der Waals surface area contributed by atoms with Gasteiger partial charge in [0.05, 0.1) is 38.2 Å². The summed E-state index contributed by atoms with van der Waals surface area (Å²) in [6.07, 6.45) is 0.111. The maximum Gasteiger partial charge on any atom is 0.252 e. The molecule has 7 nitrogen and oxygen atoms in total. The fraction of sp³-hybridized carbons (Fsp3) is 0.364. The predicted molar refractivity (Wildman–Crippen MR) is 123 cm³/mol. The van der Waals surface area contributed by atoms with Crippen LogP contribution in [-0.4, -0.2) is 56.5 Å². The molecule has 2 unspecified atom stereocenters. The van der Waals surface area contributed by atoms with Gasteiger partial charge in [-0.1, -0.05) is 36.0 Å². The van der Waals surface area contributed by atoms with Gasteiger partial charge in [-0.05, 0) is 36.2 Å². The molecule has 2 heterocycles. The number of nitrogens with zero attached hydrogens (tertiary/aromatic N) is 2. The second-order valence-electron chi connectivity index (χ2n) is 7.61. The third-order valence-electron chi connectivity index (χ3n) is 5.47. The van der Waals surface area contributed by atoms with Crippen LogP contribution in [0.4, 0.5) is 5.69 Å². The minimum absolute atomic E-state index is 0.0713. The average Bonchev–Trinajstić information content (AvgIpc) is 3.19. The molecule has 31 heavy (non-hydrogen) atoms. The number of para-hydroxylation sites is 1. The number of aliphatic imine (C=N–C) groups is 1.